The number of rotatable bonds is 2. The summed E-state index contributed by atoms with van der Waals surface area (Å²) in [5, 5.41) is 0.666. The highest BCUT2D eigenvalue weighted by atomic mass is 79.9. The number of aryl methyl sites for hydroxylation is 2. The summed E-state index contributed by atoms with van der Waals surface area (Å²) in [5.74, 6) is -1.09. The van der Waals surface area contributed by atoms with E-state index in [2.05, 4.69) is 15.9 Å². The van der Waals surface area contributed by atoms with E-state index in [0.29, 0.717) is 16.1 Å². The van der Waals surface area contributed by atoms with E-state index in [0.717, 1.165) is 17.2 Å². The third kappa shape index (κ3) is 2.98. The molecule has 0 saturated carbocycles. The molecule has 19 heavy (non-hydrogen) atoms. The molecule has 0 saturated heterocycles. The molecular formula is C15H12BrClF2. The maximum absolute atomic E-state index is 13.9. The van der Waals surface area contributed by atoms with Crippen molar-refractivity contribution in [2.45, 2.75) is 18.7 Å². The van der Waals surface area contributed by atoms with Crippen LogP contribution in [0.4, 0.5) is 8.78 Å². The minimum atomic E-state index is -0.558. The monoisotopic (exact) mass is 344 g/mol. The van der Waals surface area contributed by atoms with Crippen LogP contribution in [0.3, 0.4) is 0 Å². The number of alkyl halides is 1. The normalized spacial score (nSPS) is 12.5. The smallest absolute Gasteiger partial charge is 0.130 e. The van der Waals surface area contributed by atoms with Crippen molar-refractivity contribution in [3.63, 3.8) is 0 Å². The minimum absolute atomic E-state index is 0.331. The van der Waals surface area contributed by atoms with Gasteiger partial charge in [0.25, 0.3) is 0 Å². The van der Waals surface area contributed by atoms with Crippen LogP contribution >= 0.6 is 27.5 Å². The predicted molar refractivity (Wildman–Crippen MR) is 78.1 cm³/mol. The molecule has 100 valence electrons. The molecule has 0 aliphatic carbocycles. The van der Waals surface area contributed by atoms with Gasteiger partial charge in [0, 0.05) is 16.7 Å². The first-order valence-electron chi connectivity index (χ1n) is 5.76. The number of hydrogen-bond acceptors (Lipinski definition) is 0. The summed E-state index contributed by atoms with van der Waals surface area (Å²) in [4.78, 5) is -0.331. The summed E-state index contributed by atoms with van der Waals surface area (Å²) in [7, 11) is 0. The van der Waals surface area contributed by atoms with E-state index in [-0.39, 0.29) is 4.83 Å². The van der Waals surface area contributed by atoms with Gasteiger partial charge >= 0.3 is 0 Å². The Bertz CT molecular complexity index is 626. The first-order valence-corrected chi connectivity index (χ1v) is 7.05. The van der Waals surface area contributed by atoms with Crippen LogP contribution in [0.15, 0.2) is 30.3 Å². The van der Waals surface area contributed by atoms with Crippen molar-refractivity contribution >= 4 is 27.5 Å². The molecule has 0 spiro atoms. The molecule has 0 aliphatic heterocycles. The van der Waals surface area contributed by atoms with Crippen molar-refractivity contribution in [3.05, 3.63) is 69.2 Å². The summed E-state index contributed by atoms with van der Waals surface area (Å²) < 4.78 is 27.1. The van der Waals surface area contributed by atoms with E-state index in [9.17, 15) is 8.78 Å². The van der Waals surface area contributed by atoms with Gasteiger partial charge in [0.2, 0.25) is 0 Å². The molecule has 1 atom stereocenters. The van der Waals surface area contributed by atoms with Gasteiger partial charge in [-0.05, 0) is 42.7 Å². The van der Waals surface area contributed by atoms with Gasteiger partial charge in [-0.1, -0.05) is 39.7 Å². The van der Waals surface area contributed by atoms with Crippen LogP contribution in [-0.2, 0) is 0 Å². The summed E-state index contributed by atoms with van der Waals surface area (Å²) >= 11 is 9.43. The van der Waals surface area contributed by atoms with E-state index in [1.54, 1.807) is 13.0 Å². The Labute approximate surface area is 124 Å². The summed E-state index contributed by atoms with van der Waals surface area (Å²) in [5.41, 5.74) is 2.64. The van der Waals surface area contributed by atoms with Gasteiger partial charge in [-0.25, -0.2) is 8.78 Å². The highest BCUT2D eigenvalue weighted by Crippen LogP contribution is 2.34. The van der Waals surface area contributed by atoms with Crippen molar-refractivity contribution in [2.75, 3.05) is 0 Å². The van der Waals surface area contributed by atoms with Gasteiger partial charge in [-0.2, -0.15) is 0 Å². The van der Waals surface area contributed by atoms with Crippen LogP contribution < -0.4 is 0 Å². The summed E-state index contributed by atoms with van der Waals surface area (Å²) in [6.45, 7) is 3.50. The van der Waals surface area contributed by atoms with Gasteiger partial charge in [0.1, 0.15) is 11.6 Å². The van der Waals surface area contributed by atoms with E-state index < -0.39 is 11.6 Å². The Morgan fingerprint density at radius 1 is 1.00 bits per heavy atom. The average molecular weight is 346 g/mol. The molecule has 0 radical (unpaired) electrons. The zero-order valence-electron chi connectivity index (χ0n) is 10.5. The Hall–Kier alpha value is -0.930. The van der Waals surface area contributed by atoms with Crippen LogP contribution in [-0.4, -0.2) is 0 Å². The second-order valence-corrected chi connectivity index (χ2v) is 5.82. The van der Waals surface area contributed by atoms with Gasteiger partial charge in [-0.3, -0.25) is 0 Å². The molecule has 0 amide bonds. The van der Waals surface area contributed by atoms with Crippen molar-refractivity contribution in [1.29, 1.82) is 0 Å². The molecule has 0 aromatic heterocycles. The molecule has 2 rings (SSSR count). The fourth-order valence-electron chi connectivity index (χ4n) is 1.88. The Morgan fingerprint density at radius 2 is 1.68 bits per heavy atom. The lowest BCUT2D eigenvalue weighted by Crippen LogP contribution is -1.99. The molecule has 1 unspecified atom stereocenters. The molecular weight excluding hydrogens is 334 g/mol. The number of halogens is 4. The minimum Gasteiger partial charge on any atom is -0.207 e. The van der Waals surface area contributed by atoms with Gasteiger partial charge < -0.3 is 0 Å². The zero-order valence-corrected chi connectivity index (χ0v) is 12.8. The van der Waals surface area contributed by atoms with Crippen molar-refractivity contribution < 1.29 is 8.78 Å². The molecule has 0 heterocycles. The molecule has 0 aliphatic rings. The lowest BCUT2D eigenvalue weighted by atomic mass is 10.0. The topological polar surface area (TPSA) is 0 Å². The maximum atomic E-state index is 13.9. The molecule has 0 nitrogen and oxygen atoms in total. The summed E-state index contributed by atoms with van der Waals surface area (Å²) in [6, 6.07) is 7.93. The summed E-state index contributed by atoms with van der Waals surface area (Å²) in [6.07, 6.45) is 0. The molecule has 2 aromatic rings. The standard InChI is InChI=1S/C15H12BrClF2/c1-8-5-10(3-4-12(8)17)15(16)11-6-9(2)13(18)7-14(11)19/h3-7,15H,1-2H3. The lowest BCUT2D eigenvalue weighted by Gasteiger charge is -2.14. The van der Waals surface area contributed by atoms with Crippen molar-refractivity contribution in [1.82, 2.24) is 0 Å². The van der Waals surface area contributed by atoms with E-state index in [1.165, 1.54) is 6.07 Å². The predicted octanol–water partition coefficient (Wildman–Crippen LogP) is 5.72. The van der Waals surface area contributed by atoms with Gasteiger partial charge in [0.05, 0.1) is 4.83 Å². The van der Waals surface area contributed by atoms with E-state index in [1.807, 2.05) is 19.1 Å². The largest absolute Gasteiger partial charge is 0.207 e. The Balaban J connectivity index is 2.46. The molecule has 2 aromatic carbocycles. The zero-order chi connectivity index (χ0) is 14.2. The number of hydrogen-bond donors (Lipinski definition) is 0. The molecule has 0 fully saturated rings. The molecule has 4 heteroatoms. The van der Waals surface area contributed by atoms with Crippen LogP contribution in [0.1, 0.15) is 27.1 Å². The first kappa shape index (κ1) is 14.5. The van der Waals surface area contributed by atoms with Crippen LogP contribution in [0.5, 0.6) is 0 Å². The Kier molecular flexibility index (Phi) is 4.26. The van der Waals surface area contributed by atoms with Crippen molar-refractivity contribution in [2.24, 2.45) is 0 Å². The van der Waals surface area contributed by atoms with Crippen LogP contribution in [0, 0.1) is 25.5 Å². The van der Waals surface area contributed by atoms with E-state index >= 15 is 0 Å². The van der Waals surface area contributed by atoms with Gasteiger partial charge in [0.15, 0.2) is 0 Å². The van der Waals surface area contributed by atoms with Gasteiger partial charge in [-0.15, -0.1) is 0 Å². The lowest BCUT2D eigenvalue weighted by molar-refractivity contribution is 0.569. The fraction of sp³-hybridized carbons (Fsp3) is 0.200. The van der Waals surface area contributed by atoms with Crippen LogP contribution in [0.2, 0.25) is 5.02 Å². The average Bonchev–Trinajstić information content (AvgIpc) is 2.36. The first-order chi connectivity index (χ1) is 8.90. The highest BCUT2D eigenvalue weighted by molar-refractivity contribution is 9.09. The van der Waals surface area contributed by atoms with Crippen LogP contribution in [0.25, 0.3) is 0 Å². The SMILES string of the molecule is Cc1cc(C(Br)c2ccc(Cl)c(C)c2)c(F)cc1F. The Morgan fingerprint density at radius 3 is 2.32 bits per heavy atom. The third-order valence-corrected chi connectivity index (χ3v) is 4.47. The highest BCUT2D eigenvalue weighted by Gasteiger charge is 2.17. The quantitative estimate of drug-likeness (QED) is 0.611. The third-order valence-electron chi connectivity index (χ3n) is 3.03. The maximum Gasteiger partial charge on any atom is 0.130 e. The second-order valence-electron chi connectivity index (χ2n) is 4.49. The second kappa shape index (κ2) is 5.59. The molecule has 0 N–H and O–H groups in total. The number of benzene rings is 2. The fourth-order valence-corrected chi connectivity index (χ4v) is 2.63. The molecule has 0 bridgehead atoms. The van der Waals surface area contributed by atoms with E-state index in [4.69, 9.17) is 11.6 Å². The van der Waals surface area contributed by atoms with Crippen molar-refractivity contribution in [3.8, 4) is 0 Å².